The molecular weight excluding hydrogens is 102 g/mol. The van der Waals surface area contributed by atoms with Crippen molar-refractivity contribution in [2.45, 2.75) is 12.8 Å². The van der Waals surface area contributed by atoms with E-state index in [4.69, 9.17) is 5.11 Å². The molecule has 8 heavy (non-hydrogen) atoms. The average Bonchev–Trinajstić information content (AvgIpc) is 1.90. The molecule has 1 heterocycles. The molecule has 0 saturated heterocycles. The second-order valence-corrected chi connectivity index (χ2v) is 2.14. The first-order chi connectivity index (χ1) is 3.93. The van der Waals surface area contributed by atoms with Gasteiger partial charge >= 0.3 is 0 Å². The summed E-state index contributed by atoms with van der Waals surface area (Å²) in [6.45, 7) is 1.22. The van der Waals surface area contributed by atoms with Gasteiger partial charge in [0.15, 0.2) is 0 Å². The van der Waals surface area contributed by atoms with Gasteiger partial charge in [-0.2, -0.15) is 0 Å². The van der Waals surface area contributed by atoms with Crippen LogP contribution in [0.3, 0.4) is 0 Å². The van der Waals surface area contributed by atoms with Crippen LogP contribution < -0.4 is 0 Å². The number of hydrogen-bond acceptors (Lipinski definition) is 2. The zero-order valence-electron chi connectivity index (χ0n) is 4.88. The Bertz CT molecular complexity index is 90.5. The summed E-state index contributed by atoms with van der Waals surface area (Å²) < 4.78 is 0. The van der Waals surface area contributed by atoms with Crippen molar-refractivity contribution < 1.29 is 5.11 Å². The summed E-state index contributed by atoms with van der Waals surface area (Å²) in [6.07, 6.45) is 4.12. The predicted octanol–water partition coefficient (Wildman–Crippen LogP) is 0.460. The number of rotatable bonds is 1. The number of aliphatic hydroxyl groups excluding tert-OH is 1. The molecule has 0 spiro atoms. The minimum atomic E-state index is 0.267. The van der Waals surface area contributed by atoms with E-state index in [-0.39, 0.29) is 6.61 Å². The zero-order valence-corrected chi connectivity index (χ0v) is 4.88. The van der Waals surface area contributed by atoms with Crippen molar-refractivity contribution in [2.24, 2.45) is 10.9 Å². The number of nitrogens with zero attached hydrogens (tertiary/aromatic N) is 1. The van der Waals surface area contributed by atoms with Crippen molar-refractivity contribution >= 4 is 6.21 Å². The topological polar surface area (TPSA) is 32.6 Å². The SMILES string of the molecule is OCC1C=NCCC1. The summed E-state index contributed by atoms with van der Waals surface area (Å²) in [5, 5.41) is 8.60. The average molecular weight is 113 g/mol. The van der Waals surface area contributed by atoms with Crippen LogP contribution in [0.1, 0.15) is 12.8 Å². The van der Waals surface area contributed by atoms with Crippen molar-refractivity contribution in [2.75, 3.05) is 13.2 Å². The molecule has 46 valence electrons. The molecule has 2 nitrogen and oxygen atoms in total. The van der Waals surface area contributed by atoms with Gasteiger partial charge in [-0.05, 0) is 12.8 Å². The van der Waals surface area contributed by atoms with Crippen molar-refractivity contribution in [3.05, 3.63) is 0 Å². The van der Waals surface area contributed by atoms with Crippen LogP contribution >= 0.6 is 0 Å². The van der Waals surface area contributed by atoms with E-state index in [1.807, 2.05) is 6.21 Å². The van der Waals surface area contributed by atoms with E-state index >= 15 is 0 Å². The monoisotopic (exact) mass is 113 g/mol. The normalized spacial score (nSPS) is 28.4. The van der Waals surface area contributed by atoms with E-state index in [0.717, 1.165) is 19.4 Å². The van der Waals surface area contributed by atoms with Gasteiger partial charge in [-0.15, -0.1) is 0 Å². The fourth-order valence-corrected chi connectivity index (χ4v) is 0.881. The third-order valence-electron chi connectivity index (χ3n) is 1.41. The van der Waals surface area contributed by atoms with E-state index in [1.54, 1.807) is 0 Å². The Morgan fingerprint density at radius 3 is 3.00 bits per heavy atom. The van der Waals surface area contributed by atoms with Crippen LogP contribution in [0.4, 0.5) is 0 Å². The Morgan fingerprint density at radius 1 is 1.75 bits per heavy atom. The van der Waals surface area contributed by atoms with Crippen LogP contribution in [0.5, 0.6) is 0 Å². The highest BCUT2D eigenvalue weighted by Crippen LogP contribution is 2.07. The summed E-state index contributed by atoms with van der Waals surface area (Å²) in [4.78, 5) is 4.04. The maximum atomic E-state index is 8.60. The van der Waals surface area contributed by atoms with Gasteiger partial charge in [-0.3, -0.25) is 4.99 Å². The zero-order chi connectivity index (χ0) is 5.82. The van der Waals surface area contributed by atoms with Crippen LogP contribution in [0.15, 0.2) is 4.99 Å². The minimum Gasteiger partial charge on any atom is -0.396 e. The Labute approximate surface area is 49.2 Å². The molecule has 0 aromatic rings. The van der Waals surface area contributed by atoms with Gasteiger partial charge in [0.2, 0.25) is 0 Å². The first-order valence-electron chi connectivity index (χ1n) is 3.04. The molecule has 2 heteroatoms. The molecule has 0 aromatic carbocycles. The lowest BCUT2D eigenvalue weighted by Crippen LogP contribution is -2.11. The standard InChI is InChI=1S/C6H11NO/c8-5-6-2-1-3-7-4-6/h4,6,8H,1-3,5H2. The molecule has 0 bridgehead atoms. The Morgan fingerprint density at radius 2 is 2.62 bits per heavy atom. The van der Waals surface area contributed by atoms with E-state index in [9.17, 15) is 0 Å². The Hall–Kier alpha value is -0.370. The number of aliphatic hydroxyl groups is 1. The first kappa shape index (κ1) is 5.76. The van der Waals surface area contributed by atoms with Crippen LogP contribution in [0.2, 0.25) is 0 Å². The molecule has 1 unspecified atom stereocenters. The lowest BCUT2D eigenvalue weighted by molar-refractivity contribution is 0.253. The van der Waals surface area contributed by atoms with E-state index in [2.05, 4.69) is 4.99 Å². The quantitative estimate of drug-likeness (QED) is 0.526. The molecule has 0 aliphatic carbocycles. The van der Waals surface area contributed by atoms with E-state index < -0.39 is 0 Å². The van der Waals surface area contributed by atoms with Gasteiger partial charge in [0.05, 0.1) is 6.61 Å². The van der Waals surface area contributed by atoms with Crippen molar-refractivity contribution in [1.29, 1.82) is 0 Å². The summed E-state index contributed by atoms with van der Waals surface area (Å²) in [5.74, 6) is 0.351. The number of aliphatic imine (C=N–C) groups is 1. The number of hydrogen-bond donors (Lipinski definition) is 1. The molecule has 1 aliphatic heterocycles. The van der Waals surface area contributed by atoms with Gasteiger partial charge in [0, 0.05) is 18.7 Å². The third kappa shape index (κ3) is 1.30. The molecule has 1 N–H and O–H groups in total. The lowest BCUT2D eigenvalue weighted by atomic mass is 10.0. The first-order valence-corrected chi connectivity index (χ1v) is 3.04. The second kappa shape index (κ2) is 2.82. The van der Waals surface area contributed by atoms with Gasteiger partial charge in [0.1, 0.15) is 0 Å². The molecule has 1 rings (SSSR count). The molecule has 1 aliphatic rings. The predicted molar refractivity (Wildman–Crippen MR) is 33.2 cm³/mol. The van der Waals surface area contributed by atoms with Gasteiger partial charge in [-0.25, -0.2) is 0 Å². The Kier molecular flexibility index (Phi) is 2.03. The highest BCUT2D eigenvalue weighted by Gasteiger charge is 2.05. The van der Waals surface area contributed by atoms with E-state index in [0.29, 0.717) is 5.92 Å². The van der Waals surface area contributed by atoms with Crippen LogP contribution in [0, 0.1) is 5.92 Å². The van der Waals surface area contributed by atoms with Crippen molar-refractivity contribution in [1.82, 2.24) is 0 Å². The van der Waals surface area contributed by atoms with Gasteiger partial charge < -0.3 is 5.11 Å². The molecule has 0 fully saturated rings. The van der Waals surface area contributed by atoms with Crippen molar-refractivity contribution in [3.8, 4) is 0 Å². The second-order valence-electron chi connectivity index (χ2n) is 2.14. The smallest absolute Gasteiger partial charge is 0.0508 e. The van der Waals surface area contributed by atoms with Crippen molar-refractivity contribution in [3.63, 3.8) is 0 Å². The van der Waals surface area contributed by atoms with Gasteiger partial charge in [-0.1, -0.05) is 0 Å². The molecule has 0 radical (unpaired) electrons. The fraction of sp³-hybridized carbons (Fsp3) is 0.833. The van der Waals surface area contributed by atoms with Crippen LogP contribution in [-0.2, 0) is 0 Å². The lowest BCUT2D eigenvalue weighted by Gasteiger charge is -2.10. The summed E-state index contributed by atoms with van der Waals surface area (Å²) in [6, 6.07) is 0. The maximum absolute atomic E-state index is 8.60. The Balaban J connectivity index is 2.32. The molecule has 0 amide bonds. The van der Waals surface area contributed by atoms with Gasteiger partial charge in [0.25, 0.3) is 0 Å². The summed E-state index contributed by atoms with van der Waals surface area (Å²) >= 11 is 0. The summed E-state index contributed by atoms with van der Waals surface area (Å²) in [5.41, 5.74) is 0. The molecule has 0 saturated carbocycles. The molecular formula is C6H11NO. The highest BCUT2D eigenvalue weighted by molar-refractivity contribution is 5.61. The minimum absolute atomic E-state index is 0.267. The molecule has 1 atom stereocenters. The maximum Gasteiger partial charge on any atom is 0.0508 e. The highest BCUT2D eigenvalue weighted by atomic mass is 16.3. The van der Waals surface area contributed by atoms with Crippen LogP contribution in [0.25, 0.3) is 0 Å². The third-order valence-corrected chi connectivity index (χ3v) is 1.41. The summed E-state index contributed by atoms with van der Waals surface area (Å²) in [7, 11) is 0. The molecule has 0 aromatic heterocycles. The van der Waals surface area contributed by atoms with Crippen LogP contribution in [-0.4, -0.2) is 24.5 Å². The van der Waals surface area contributed by atoms with E-state index in [1.165, 1.54) is 0 Å². The fourth-order valence-electron chi connectivity index (χ4n) is 0.881. The largest absolute Gasteiger partial charge is 0.396 e.